The largest absolute Gasteiger partial charge is 0.284 e. The third-order valence-corrected chi connectivity index (χ3v) is 3.79. The first-order chi connectivity index (χ1) is 8.33. The standard InChI is InChI=1S/C12H23N3S2/c1-2-3-4-5-6-7-8-9-10-13-11-14-15-12(16)17-11/h10,12,15-16H,2-9H2,1H3. The van der Waals surface area contributed by atoms with Crippen LogP contribution in [0.4, 0.5) is 0 Å². The lowest BCUT2D eigenvalue weighted by molar-refractivity contribution is 0.596. The first-order valence-corrected chi connectivity index (χ1v) is 7.93. The number of hydrogen-bond donors (Lipinski definition) is 2. The fourth-order valence-corrected chi connectivity index (χ4v) is 2.54. The van der Waals surface area contributed by atoms with Crippen LogP contribution in [0.15, 0.2) is 10.1 Å². The third-order valence-electron chi connectivity index (χ3n) is 2.63. The molecule has 1 aliphatic rings. The molecule has 1 aliphatic heterocycles. The minimum atomic E-state index is 0.0701. The van der Waals surface area contributed by atoms with E-state index >= 15 is 0 Å². The van der Waals surface area contributed by atoms with Crippen LogP contribution in [0.1, 0.15) is 58.3 Å². The Morgan fingerprint density at radius 2 is 2.00 bits per heavy atom. The molecular formula is C12H23N3S2. The van der Waals surface area contributed by atoms with Crippen molar-refractivity contribution < 1.29 is 0 Å². The van der Waals surface area contributed by atoms with Gasteiger partial charge in [0.2, 0.25) is 5.17 Å². The molecule has 0 aliphatic carbocycles. The summed E-state index contributed by atoms with van der Waals surface area (Å²) in [5.41, 5.74) is 2.85. The van der Waals surface area contributed by atoms with Crippen LogP contribution in [0.2, 0.25) is 0 Å². The van der Waals surface area contributed by atoms with Gasteiger partial charge < -0.3 is 0 Å². The van der Waals surface area contributed by atoms with Gasteiger partial charge in [-0.15, -0.1) is 12.6 Å². The van der Waals surface area contributed by atoms with E-state index in [1.807, 2.05) is 6.21 Å². The van der Waals surface area contributed by atoms with Crippen LogP contribution < -0.4 is 5.43 Å². The molecule has 1 heterocycles. The van der Waals surface area contributed by atoms with E-state index in [0.29, 0.717) is 0 Å². The summed E-state index contributed by atoms with van der Waals surface area (Å²) in [4.78, 5) is 4.30. The maximum Gasteiger partial charge on any atom is 0.208 e. The van der Waals surface area contributed by atoms with Crippen molar-refractivity contribution in [3.8, 4) is 0 Å². The Kier molecular flexibility index (Phi) is 8.61. The second kappa shape index (κ2) is 9.83. The normalized spacial score (nSPS) is 19.6. The molecule has 17 heavy (non-hydrogen) atoms. The molecule has 98 valence electrons. The van der Waals surface area contributed by atoms with E-state index in [1.54, 1.807) is 11.8 Å². The predicted octanol–water partition coefficient (Wildman–Crippen LogP) is 4.02. The van der Waals surface area contributed by atoms with Crippen LogP contribution in [0, 0.1) is 0 Å². The van der Waals surface area contributed by atoms with Crippen molar-refractivity contribution in [2.45, 2.75) is 63.0 Å². The molecule has 0 aromatic heterocycles. The number of rotatable bonds is 8. The molecule has 0 spiro atoms. The van der Waals surface area contributed by atoms with E-state index in [9.17, 15) is 0 Å². The van der Waals surface area contributed by atoms with Gasteiger partial charge in [0.05, 0.1) is 0 Å². The Bertz CT molecular complexity index is 254. The molecule has 1 rings (SSSR count). The second-order valence-electron chi connectivity index (χ2n) is 4.22. The average molecular weight is 273 g/mol. The number of hydrogen-bond acceptors (Lipinski definition) is 5. The highest BCUT2D eigenvalue weighted by molar-refractivity contribution is 8.21. The van der Waals surface area contributed by atoms with Crippen LogP contribution in [0.5, 0.6) is 0 Å². The van der Waals surface area contributed by atoms with E-state index < -0.39 is 0 Å². The van der Waals surface area contributed by atoms with E-state index in [0.717, 1.165) is 11.6 Å². The Morgan fingerprint density at radius 1 is 1.29 bits per heavy atom. The number of nitrogens with one attached hydrogen (secondary N) is 1. The summed E-state index contributed by atoms with van der Waals surface area (Å²) in [6.07, 6.45) is 12.5. The van der Waals surface area contributed by atoms with E-state index in [-0.39, 0.29) is 4.71 Å². The lowest BCUT2D eigenvalue weighted by atomic mass is 10.1. The zero-order valence-electron chi connectivity index (χ0n) is 10.6. The fourth-order valence-electron chi connectivity index (χ4n) is 1.66. The molecule has 0 amide bonds. The maximum absolute atomic E-state index is 4.30. The van der Waals surface area contributed by atoms with Crippen molar-refractivity contribution in [2.24, 2.45) is 10.1 Å². The summed E-state index contributed by atoms with van der Waals surface area (Å²) in [5, 5.41) is 4.84. The molecule has 0 radical (unpaired) electrons. The molecule has 1 atom stereocenters. The number of nitrogens with zero attached hydrogens (tertiary/aromatic N) is 2. The molecule has 0 aromatic carbocycles. The van der Waals surface area contributed by atoms with Gasteiger partial charge in [0.15, 0.2) is 0 Å². The summed E-state index contributed by atoms with van der Waals surface area (Å²) in [6, 6.07) is 0. The van der Waals surface area contributed by atoms with Gasteiger partial charge in [0, 0.05) is 6.21 Å². The first kappa shape index (κ1) is 14.9. The van der Waals surface area contributed by atoms with E-state index in [2.05, 4.69) is 35.1 Å². The van der Waals surface area contributed by atoms with Gasteiger partial charge in [0.1, 0.15) is 4.71 Å². The van der Waals surface area contributed by atoms with Crippen molar-refractivity contribution in [1.29, 1.82) is 0 Å². The van der Waals surface area contributed by atoms with E-state index in [1.165, 1.54) is 44.9 Å². The van der Waals surface area contributed by atoms with Gasteiger partial charge in [-0.1, -0.05) is 45.4 Å². The Labute approximate surface area is 114 Å². The number of hydrazone groups is 1. The summed E-state index contributed by atoms with van der Waals surface area (Å²) >= 11 is 5.78. The van der Waals surface area contributed by atoms with Crippen LogP contribution in [-0.4, -0.2) is 16.1 Å². The molecule has 0 aromatic rings. The van der Waals surface area contributed by atoms with Crippen molar-refractivity contribution in [2.75, 3.05) is 0 Å². The number of aliphatic imine (C=N–C) groups is 1. The van der Waals surface area contributed by atoms with Gasteiger partial charge in [-0.2, -0.15) is 5.10 Å². The van der Waals surface area contributed by atoms with Crippen LogP contribution in [0.3, 0.4) is 0 Å². The Hall–Kier alpha value is -0.160. The molecule has 0 fully saturated rings. The average Bonchev–Trinajstić information content (AvgIpc) is 2.73. The van der Waals surface area contributed by atoms with Gasteiger partial charge in [0.25, 0.3) is 0 Å². The SMILES string of the molecule is CCCCCCCCCC=NC1=NNC(S)S1. The second-order valence-corrected chi connectivity index (χ2v) is 6.15. The van der Waals surface area contributed by atoms with Crippen LogP contribution in [-0.2, 0) is 0 Å². The summed E-state index contributed by atoms with van der Waals surface area (Å²) < 4.78 is 0.0701. The number of thiol groups is 1. The minimum absolute atomic E-state index is 0.0701. The molecule has 5 heteroatoms. The van der Waals surface area contributed by atoms with Gasteiger partial charge >= 0.3 is 0 Å². The smallest absolute Gasteiger partial charge is 0.208 e. The number of thioether (sulfide) groups is 1. The zero-order chi connectivity index (χ0) is 12.3. The van der Waals surface area contributed by atoms with Gasteiger partial charge in [-0.05, 0) is 24.6 Å². The monoisotopic (exact) mass is 273 g/mol. The zero-order valence-corrected chi connectivity index (χ0v) is 12.3. The van der Waals surface area contributed by atoms with Crippen LogP contribution in [0.25, 0.3) is 0 Å². The fraction of sp³-hybridized carbons (Fsp3) is 0.833. The molecular weight excluding hydrogens is 250 g/mol. The number of unbranched alkanes of at least 4 members (excludes halogenated alkanes) is 7. The summed E-state index contributed by atoms with van der Waals surface area (Å²) in [5.74, 6) is 0. The molecule has 3 nitrogen and oxygen atoms in total. The van der Waals surface area contributed by atoms with Crippen LogP contribution >= 0.6 is 24.4 Å². The molecule has 0 saturated heterocycles. The highest BCUT2D eigenvalue weighted by atomic mass is 32.2. The minimum Gasteiger partial charge on any atom is -0.284 e. The Morgan fingerprint density at radius 3 is 2.65 bits per heavy atom. The van der Waals surface area contributed by atoms with E-state index in [4.69, 9.17) is 0 Å². The Balaban J connectivity index is 1.89. The molecule has 0 saturated carbocycles. The highest BCUT2D eigenvalue weighted by Gasteiger charge is 2.12. The van der Waals surface area contributed by atoms with Crippen molar-refractivity contribution in [3.05, 3.63) is 0 Å². The maximum atomic E-state index is 4.30. The quantitative estimate of drug-likeness (QED) is 0.398. The van der Waals surface area contributed by atoms with Gasteiger partial charge in [-0.3, -0.25) is 5.43 Å². The third kappa shape index (κ3) is 7.71. The molecule has 0 bridgehead atoms. The van der Waals surface area contributed by atoms with Crippen molar-refractivity contribution >= 4 is 35.8 Å². The highest BCUT2D eigenvalue weighted by Crippen LogP contribution is 2.20. The molecule has 1 unspecified atom stereocenters. The lowest BCUT2D eigenvalue weighted by Crippen LogP contribution is -2.06. The summed E-state index contributed by atoms with van der Waals surface area (Å²) in [7, 11) is 0. The first-order valence-electron chi connectivity index (χ1n) is 6.53. The predicted molar refractivity (Wildman–Crippen MR) is 82.0 cm³/mol. The topological polar surface area (TPSA) is 36.8 Å². The summed E-state index contributed by atoms with van der Waals surface area (Å²) in [6.45, 7) is 2.25. The lowest BCUT2D eigenvalue weighted by Gasteiger charge is -1.98. The number of amidine groups is 1. The molecule has 1 N–H and O–H groups in total. The van der Waals surface area contributed by atoms with Gasteiger partial charge in [-0.25, -0.2) is 4.99 Å². The van der Waals surface area contributed by atoms with Crippen molar-refractivity contribution in [3.63, 3.8) is 0 Å². The van der Waals surface area contributed by atoms with Crippen molar-refractivity contribution in [1.82, 2.24) is 5.43 Å².